The van der Waals surface area contributed by atoms with E-state index in [1.54, 1.807) is 35.2 Å². The number of hydrogen-bond acceptors (Lipinski definition) is 6. The Balaban J connectivity index is 1.36. The minimum atomic E-state index is -1.11. The van der Waals surface area contributed by atoms with Gasteiger partial charge < -0.3 is 19.5 Å². The number of carbonyl (C=O) groups excluding carboxylic acids is 1. The molecule has 0 bridgehead atoms. The van der Waals surface area contributed by atoms with Gasteiger partial charge in [0.25, 0.3) is 5.91 Å². The molecule has 1 saturated heterocycles. The summed E-state index contributed by atoms with van der Waals surface area (Å²) in [6, 6.07) is 14.3. The molecule has 1 fully saturated rings. The van der Waals surface area contributed by atoms with Crippen molar-refractivity contribution in [1.29, 1.82) is 0 Å². The highest BCUT2D eigenvalue weighted by Gasteiger charge is 2.32. The molecule has 0 spiro atoms. The summed E-state index contributed by atoms with van der Waals surface area (Å²) < 4.78 is 24.9. The van der Waals surface area contributed by atoms with Gasteiger partial charge in [-0.05, 0) is 55.8 Å². The molecule has 1 aromatic heterocycles. The summed E-state index contributed by atoms with van der Waals surface area (Å²) >= 11 is 6.14. The maximum absolute atomic E-state index is 13.2. The molecule has 0 aliphatic carbocycles. The van der Waals surface area contributed by atoms with Crippen LogP contribution < -0.4 is 9.47 Å². The fourth-order valence-corrected chi connectivity index (χ4v) is 4.58. The molecule has 1 amide bonds. The number of carboxylic acids is 1. The van der Waals surface area contributed by atoms with Gasteiger partial charge in [0, 0.05) is 49.0 Å². The Hall–Kier alpha value is -3.69. The number of amides is 1. The van der Waals surface area contributed by atoms with Crippen LogP contribution in [-0.4, -0.2) is 63.5 Å². The first-order chi connectivity index (χ1) is 18.2. The van der Waals surface area contributed by atoms with Gasteiger partial charge in [-0.2, -0.15) is 0 Å². The minimum absolute atomic E-state index is 0.0360. The lowest BCUT2D eigenvalue weighted by Gasteiger charge is -2.44. The first kappa shape index (κ1) is 27.3. The third kappa shape index (κ3) is 6.79. The van der Waals surface area contributed by atoms with E-state index in [2.05, 4.69) is 16.8 Å². The second-order valence-electron chi connectivity index (χ2n) is 9.27. The van der Waals surface area contributed by atoms with Crippen molar-refractivity contribution >= 4 is 23.5 Å². The van der Waals surface area contributed by atoms with E-state index in [1.165, 1.54) is 30.5 Å². The number of aromatic nitrogens is 1. The molecule has 3 aromatic rings. The fourth-order valence-electron chi connectivity index (χ4n) is 4.42. The average molecular weight is 542 g/mol. The second-order valence-corrected chi connectivity index (χ2v) is 9.71. The molecule has 0 saturated carbocycles. The van der Waals surface area contributed by atoms with E-state index in [0.717, 1.165) is 5.56 Å². The van der Waals surface area contributed by atoms with E-state index in [4.69, 9.17) is 21.1 Å². The Kier molecular flexibility index (Phi) is 8.81. The Labute approximate surface area is 225 Å². The van der Waals surface area contributed by atoms with Crippen LogP contribution in [0.4, 0.5) is 4.39 Å². The van der Waals surface area contributed by atoms with Gasteiger partial charge in [-0.3, -0.25) is 14.7 Å². The van der Waals surface area contributed by atoms with Crippen molar-refractivity contribution in [2.45, 2.75) is 39.1 Å². The lowest BCUT2D eigenvalue weighted by molar-refractivity contribution is -0.139. The lowest BCUT2D eigenvalue weighted by atomic mass is 10.1. The predicted octanol–water partition coefficient (Wildman–Crippen LogP) is 4.65. The molecule has 10 heteroatoms. The van der Waals surface area contributed by atoms with Crippen LogP contribution in [0.1, 0.15) is 35.5 Å². The van der Waals surface area contributed by atoms with Crippen molar-refractivity contribution in [2.75, 3.05) is 19.7 Å². The number of ether oxygens (including phenoxy) is 2. The molecule has 4 rings (SSSR count). The molecule has 1 aliphatic rings. The molecule has 2 aromatic carbocycles. The number of piperazine rings is 1. The maximum Gasteiger partial charge on any atom is 0.337 e. The minimum Gasteiger partial charge on any atom is -0.483 e. The van der Waals surface area contributed by atoms with Gasteiger partial charge in [0.15, 0.2) is 18.1 Å². The number of hydrogen-bond donors (Lipinski definition) is 1. The summed E-state index contributed by atoms with van der Waals surface area (Å²) in [5.74, 6) is -0.943. The molecule has 38 heavy (non-hydrogen) atoms. The molecule has 8 nitrogen and oxygen atoms in total. The van der Waals surface area contributed by atoms with Crippen LogP contribution in [0.2, 0.25) is 5.02 Å². The first-order valence-corrected chi connectivity index (χ1v) is 12.6. The Morgan fingerprint density at radius 2 is 1.82 bits per heavy atom. The van der Waals surface area contributed by atoms with Crippen LogP contribution in [0, 0.1) is 5.82 Å². The van der Waals surface area contributed by atoms with E-state index in [1.807, 2.05) is 6.92 Å². The van der Waals surface area contributed by atoms with E-state index in [-0.39, 0.29) is 54.0 Å². The third-order valence-electron chi connectivity index (χ3n) is 6.48. The Bertz CT molecular complexity index is 1290. The molecule has 2 atom stereocenters. The highest BCUT2D eigenvalue weighted by Crippen LogP contribution is 2.31. The number of halogens is 2. The van der Waals surface area contributed by atoms with Crippen molar-refractivity contribution < 1.29 is 28.6 Å². The second kappa shape index (κ2) is 12.2. The van der Waals surface area contributed by atoms with Crippen LogP contribution in [0.15, 0.2) is 60.8 Å². The molecule has 200 valence electrons. The molecular weight excluding hydrogens is 513 g/mol. The summed E-state index contributed by atoms with van der Waals surface area (Å²) in [4.78, 5) is 32.7. The topological polar surface area (TPSA) is 92.2 Å². The van der Waals surface area contributed by atoms with E-state index < -0.39 is 5.97 Å². The molecule has 0 radical (unpaired) electrons. The van der Waals surface area contributed by atoms with E-state index in [9.17, 15) is 19.1 Å². The fraction of sp³-hybridized carbons (Fsp3) is 0.321. The lowest BCUT2D eigenvalue weighted by Crippen LogP contribution is -2.58. The largest absolute Gasteiger partial charge is 0.483 e. The predicted molar refractivity (Wildman–Crippen MR) is 140 cm³/mol. The zero-order valence-corrected chi connectivity index (χ0v) is 21.9. The summed E-state index contributed by atoms with van der Waals surface area (Å²) in [5.41, 5.74) is 1.31. The zero-order chi connectivity index (χ0) is 27.2. The summed E-state index contributed by atoms with van der Waals surface area (Å²) in [6.45, 7) is 5.63. The van der Waals surface area contributed by atoms with Crippen molar-refractivity contribution in [2.24, 2.45) is 0 Å². The smallest absolute Gasteiger partial charge is 0.337 e. The first-order valence-electron chi connectivity index (χ1n) is 12.2. The third-order valence-corrected chi connectivity index (χ3v) is 6.71. The SMILES string of the molecule is C[C@@H]1CN(Cc2ccc(F)cc2)[C@@H](C)CN1C(=O)COc1ccc(Cl)cc1OCc1ncccc1C(=O)O. The Morgan fingerprint density at radius 3 is 2.55 bits per heavy atom. The van der Waals surface area contributed by atoms with E-state index >= 15 is 0 Å². The molecule has 0 unspecified atom stereocenters. The number of pyridine rings is 1. The molecule has 1 N–H and O–H groups in total. The Morgan fingerprint density at radius 1 is 1.05 bits per heavy atom. The molecular formula is C28H29ClFN3O5. The van der Waals surface area contributed by atoms with E-state index in [0.29, 0.717) is 30.4 Å². The van der Waals surface area contributed by atoms with Crippen molar-refractivity contribution in [3.63, 3.8) is 0 Å². The number of carboxylic acid groups (broad SMARTS) is 1. The highest BCUT2D eigenvalue weighted by atomic mass is 35.5. The van der Waals surface area contributed by atoms with Gasteiger partial charge in [-0.25, -0.2) is 9.18 Å². The van der Waals surface area contributed by atoms with Gasteiger partial charge >= 0.3 is 5.97 Å². The maximum atomic E-state index is 13.2. The summed E-state index contributed by atoms with van der Waals surface area (Å²) in [7, 11) is 0. The van der Waals surface area contributed by atoms with Crippen molar-refractivity contribution in [3.05, 3.63) is 88.5 Å². The van der Waals surface area contributed by atoms with Crippen LogP contribution >= 0.6 is 11.6 Å². The number of benzene rings is 2. The van der Waals surface area contributed by atoms with Gasteiger partial charge in [-0.15, -0.1) is 0 Å². The van der Waals surface area contributed by atoms with Crippen LogP contribution in [0.3, 0.4) is 0 Å². The molecule has 1 aliphatic heterocycles. The van der Waals surface area contributed by atoms with Gasteiger partial charge in [-0.1, -0.05) is 23.7 Å². The van der Waals surface area contributed by atoms with Gasteiger partial charge in [0.05, 0.1) is 11.3 Å². The quantitative estimate of drug-likeness (QED) is 0.421. The number of carbonyl (C=O) groups is 2. The summed E-state index contributed by atoms with van der Waals surface area (Å²) in [5, 5.41) is 9.77. The van der Waals surface area contributed by atoms with Crippen LogP contribution in [0.5, 0.6) is 11.5 Å². The van der Waals surface area contributed by atoms with Crippen LogP contribution in [0.25, 0.3) is 0 Å². The zero-order valence-electron chi connectivity index (χ0n) is 21.1. The number of aromatic carboxylic acids is 1. The highest BCUT2D eigenvalue weighted by molar-refractivity contribution is 6.30. The van der Waals surface area contributed by atoms with Crippen molar-refractivity contribution in [3.8, 4) is 11.5 Å². The van der Waals surface area contributed by atoms with Gasteiger partial charge in [0.1, 0.15) is 12.4 Å². The molecule has 2 heterocycles. The number of nitrogens with zero attached hydrogens (tertiary/aromatic N) is 3. The monoisotopic (exact) mass is 541 g/mol. The van der Waals surface area contributed by atoms with Crippen LogP contribution in [-0.2, 0) is 17.9 Å². The number of rotatable bonds is 9. The normalized spacial score (nSPS) is 17.7. The summed E-state index contributed by atoms with van der Waals surface area (Å²) in [6.07, 6.45) is 1.49. The average Bonchev–Trinajstić information content (AvgIpc) is 2.90. The standard InChI is InChI=1S/C28H29ClFN3O5/c1-18-14-33(19(2)13-32(18)15-20-5-8-22(30)9-6-20)27(34)17-38-25-10-7-21(29)12-26(25)37-16-24-23(28(35)36)4-3-11-31-24/h3-12,18-19H,13-17H2,1-2H3,(H,35,36)/t18-,19+/m0/s1. The van der Waals surface area contributed by atoms with Crippen molar-refractivity contribution in [1.82, 2.24) is 14.8 Å². The van der Waals surface area contributed by atoms with Gasteiger partial charge in [0.2, 0.25) is 0 Å².